The number of piperidine rings is 1. The van der Waals surface area contributed by atoms with Crippen molar-refractivity contribution in [3.8, 4) is 0 Å². The number of aromatic nitrogens is 1. The zero-order chi connectivity index (χ0) is 25.8. The summed E-state index contributed by atoms with van der Waals surface area (Å²) in [4.78, 5) is 22.3. The Kier molecular flexibility index (Phi) is 6.60. The number of benzene rings is 1. The van der Waals surface area contributed by atoms with Crippen molar-refractivity contribution in [3.63, 3.8) is 0 Å². The molecule has 0 bridgehead atoms. The minimum atomic E-state index is -2.63. The summed E-state index contributed by atoms with van der Waals surface area (Å²) in [6.45, 7) is 5.30. The van der Waals surface area contributed by atoms with E-state index in [0.29, 0.717) is 44.3 Å². The first-order chi connectivity index (χ1) is 17.8. The van der Waals surface area contributed by atoms with Crippen molar-refractivity contribution in [1.82, 2.24) is 20.5 Å². The maximum Gasteiger partial charge on any atom is 0.248 e. The van der Waals surface area contributed by atoms with Crippen LogP contribution in [0.3, 0.4) is 0 Å². The first-order valence-corrected chi connectivity index (χ1v) is 14.4. The van der Waals surface area contributed by atoms with Gasteiger partial charge in [-0.05, 0) is 56.1 Å². The summed E-state index contributed by atoms with van der Waals surface area (Å²) < 4.78 is 42.9. The minimum Gasteiger partial charge on any atom is -0.339 e. The summed E-state index contributed by atoms with van der Waals surface area (Å²) >= 11 is 1.70. The van der Waals surface area contributed by atoms with Gasteiger partial charge in [0.05, 0.1) is 16.6 Å². The molecule has 4 aliphatic rings. The maximum absolute atomic E-state index is 14.7. The smallest absolute Gasteiger partial charge is 0.248 e. The Morgan fingerprint density at radius 3 is 2.68 bits per heavy atom. The number of hydrogen-bond acceptors (Lipinski definition) is 5. The molecule has 4 atom stereocenters. The van der Waals surface area contributed by atoms with E-state index in [4.69, 9.17) is 4.98 Å². The van der Waals surface area contributed by atoms with Crippen LogP contribution in [0.5, 0.6) is 0 Å². The van der Waals surface area contributed by atoms with E-state index in [1.807, 2.05) is 24.0 Å². The molecule has 4 unspecified atom stereocenters. The third-order valence-electron chi connectivity index (χ3n) is 9.32. The van der Waals surface area contributed by atoms with Gasteiger partial charge in [-0.25, -0.2) is 18.2 Å². The maximum atomic E-state index is 14.7. The van der Waals surface area contributed by atoms with E-state index in [1.54, 1.807) is 17.4 Å². The standard InChI is InChI=1S/C28H35F3N4OS/c1-17-34-23-14-33-16-27(25(23)37-17)15-32-13-21(27)26(36)35-11-8-19(20-4-2-3-5-22(20)29)12-24(35)18-6-9-28(30,31)10-7-18/h2-5,18-19,21,24,32-33H,6-16H2,1H3. The first-order valence-electron chi connectivity index (χ1n) is 13.6. The van der Waals surface area contributed by atoms with E-state index in [-0.39, 0.29) is 53.8 Å². The van der Waals surface area contributed by atoms with E-state index < -0.39 is 5.92 Å². The highest BCUT2D eigenvalue weighted by Crippen LogP contribution is 2.47. The second kappa shape index (κ2) is 9.65. The fourth-order valence-electron chi connectivity index (χ4n) is 7.42. The van der Waals surface area contributed by atoms with E-state index in [9.17, 15) is 18.0 Å². The van der Waals surface area contributed by atoms with Crippen LogP contribution in [-0.2, 0) is 16.8 Å². The lowest BCUT2D eigenvalue weighted by atomic mass is 9.71. The van der Waals surface area contributed by atoms with Gasteiger partial charge in [-0.15, -0.1) is 11.3 Å². The molecule has 1 saturated carbocycles. The Balaban J connectivity index is 1.30. The lowest BCUT2D eigenvalue weighted by Gasteiger charge is -2.48. The van der Waals surface area contributed by atoms with E-state index in [2.05, 4.69) is 10.6 Å². The molecule has 1 aromatic heterocycles. The van der Waals surface area contributed by atoms with Crippen LogP contribution in [0.15, 0.2) is 24.3 Å². The van der Waals surface area contributed by atoms with Gasteiger partial charge in [-0.2, -0.15) is 0 Å². The lowest BCUT2D eigenvalue weighted by Crippen LogP contribution is -2.57. The summed E-state index contributed by atoms with van der Waals surface area (Å²) in [5.74, 6) is -2.98. The first kappa shape index (κ1) is 25.3. The number of aryl methyl sites for hydroxylation is 1. The van der Waals surface area contributed by atoms with Gasteiger partial charge in [0.15, 0.2) is 0 Å². The van der Waals surface area contributed by atoms with Gasteiger partial charge in [0.2, 0.25) is 11.8 Å². The third kappa shape index (κ3) is 4.51. The number of carbonyl (C=O) groups excluding carboxylic acids is 1. The SMILES string of the molecule is Cc1nc2c(s1)C1(CNC2)CNCC1C(=O)N1CCC(c2ccccc2F)CC1C1CCC(F)(F)CC1. The molecule has 6 rings (SSSR count). The van der Waals surface area contributed by atoms with E-state index in [0.717, 1.165) is 30.3 Å². The number of nitrogens with zero attached hydrogens (tertiary/aromatic N) is 2. The molecule has 2 saturated heterocycles. The highest BCUT2D eigenvalue weighted by molar-refractivity contribution is 7.11. The fourth-order valence-corrected chi connectivity index (χ4v) is 8.60. The van der Waals surface area contributed by atoms with Crippen LogP contribution in [0.4, 0.5) is 13.2 Å². The highest BCUT2D eigenvalue weighted by atomic mass is 32.1. The van der Waals surface area contributed by atoms with Crippen LogP contribution in [-0.4, -0.2) is 53.9 Å². The number of likely N-dealkylation sites (tertiary alicyclic amines) is 1. The largest absolute Gasteiger partial charge is 0.339 e. The van der Waals surface area contributed by atoms with Crippen molar-refractivity contribution in [2.45, 2.75) is 75.3 Å². The average molecular weight is 533 g/mol. The lowest BCUT2D eigenvalue weighted by molar-refractivity contribution is -0.143. The molecule has 0 radical (unpaired) electrons. The molecule has 3 fully saturated rings. The van der Waals surface area contributed by atoms with Gasteiger partial charge in [0, 0.05) is 61.9 Å². The monoisotopic (exact) mass is 532 g/mol. The van der Waals surface area contributed by atoms with E-state index in [1.165, 1.54) is 10.9 Å². The zero-order valence-electron chi connectivity index (χ0n) is 21.2. The van der Waals surface area contributed by atoms with Gasteiger partial charge in [-0.1, -0.05) is 18.2 Å². The van der Waals surface area contributed by atoms with Gasteiger partial charge in [-0.3, -0.25) is 4.79 Å². The fraction of sp³-hybridized carbons (Fsp3) is 0.643. The molecule has 1 aliphatic carbocycles. The zero-order valence-corrected chi connectivity index (χ0v) is 22.1. The summed E-state index contributed by atoms with van der Waals surface area (Å²) in [7, 11) is 0. The van der Waals surface area contributed by atoms with Gasteiger partial charge in [0.25, 0.3) is 0 Å². The highest BCUT2D eigenvalue weighted by Gasteiger charge is 2.54. The van der Waals surface area contributed by atoms with Crippen LogP contribution >= 0.6 is 11.3 Å². The average Bonchev–Trinajstić information content (AvgIpc) is 3.48. The van der Waals surface area contributed by atoms with Crippen LogP contribution in [0.25, 0.3) is 0 Å². The van der Waals surface area contributed by atoms with Gasteiger partial charge in [0.1, 0.15) is 5.82 Å². The number of thiazole rings is 1. The van der Waals surface area contributed by atoms with Gasteiger partial charge < -0.3 is 15.5 Å². The van der Waals surface area contributed by atoms with Crippen molar-refractivity contribution >= 4 is 17.2 Å². The van der Waals surface area contributed by atoms with Crippen molar-refractivity contribution < 1.29 is 18.0 Å². The summed E-state index contributed by atoms with van der Waals surface area (Å²) in [6, 6.07) is 6.71. The van der Waals surface area contributed by atoms with Crippen LogP contribution in [0.2, 0.25) is 0 Å². The number of alkyl halides is 2. The molecular formula is C28H35F3N4OS. The molecule has 37 heavy (non-hydrogen) atoms. The molecule has 200 valence electrons. The molecule has 1 amide bonds. The number of fused-ring (bicyclic) bond motifs is 2. The molecule has 9 heteroatoms. The number of nitrogens with one attached hydrogen (secondary N) is 2. The molecule has 1 aromatic carbocycles. The molecule has 1 spiro atoms. The van der Waals surface area contributed by atoms with Crippen molar-refractivity contribution in [2.24, 2.45) is 11.8 Å². The van der Waals surface area contributed by atoms with E-state index >= 15 is 0 Å². The molecule has 3 aliphatic heterocycles. The molecule has 5 nitrogen and oxygen atoms in total. The number of carbonyl (C=O) groups is 1. The minimum absolute atomic E-state index is 0.00847. The summed E-state index contributed by atoms with van der Waals surface area (Å²) in [5.41, 5.74) is 1.38. The quantitative estimate of drug-likeness (QED) is 0.599. The predicted molar refractivity (Wildman–Crippen MR) is 137 cm³/mol. The predicted octanol–water partition coefficient (Wildman–Crippen LogP) is 4.75. The van der Waals surface area contributed by atoms with Crippen LogP contribution in [0.1, 0.15) is 65.6 Å². The Morgan fingerprint density at radius 2 is 1.89 bits per heavy atom. The molecule has 2 aromatic rings. The summed E-state index contributed by atoms with van der Waals surface area (Å²) in [6.07, 6.45) is 1.84. The second-order valence-corrected chi connectivity index (χ2v) is 12.7. The van der Waals surface area contributed by atoms with Crippen molar-refractivity contribution in [2.75, 3.05) is 26.2 Å². The number of halogens is 3. The Hall–Kier alpha value is -1.97. The second-order valence-electron chi connectivity index (χ2n) is 11.5. The number of amides is 1. The number of hydrogen-bond donors (Lipinski definition) is 2. The Bertz CT molecular complexity index is 1160. The third-order valence-corrected chi connectivity index (χ3v) is 10.6. The van der Waals surface area contributed by atoms with Crippen molar-refractivity contribution in [1.29, 1.82) is 0 Å². The Morgan fingerprint density at radius 1 is 1.14 bits per heavy atom. The van der Waals surface area contributed by atoms with Crippen LogP contribution < -0.4 is 10.6 Å². The number of rotatable bonds is 3. The summed E-state index contributed by atoms with van der Waals surface area (Å²) in [5, 5.41) is 8.01. The topological polar surface area (TPSA) is 57.3 Å². The molecule has 4 heterocycles. The molecule has 2 N–H and O–H groups in total. The van der Waals surface area contributed by atoms with Crippen LogP contribution in [0, 0.1) is 24.6 Å². The normalized spacial score (nSPS) is 32.0. The Labute approximate surface area is 220 Å². The van der Waals surface area contributed by atoms with Crippen molar-refractivity contribution in [3.05, 3.63) is 51.2 Å². The van der Waals surface area contributed by atoms with Gasteiger partial charge >= 0.3 is 0 Å². The molecular weight excluding hydrogens is 497 g/mol.